The normalized spacial score (nSPS) is 26.1. The van der Waals surface area contributed by atoms with Crippen LogP contribution in [-0.4, -0.2) is 68.0 Å². The zero-order valence-electron chi connectivity index (χ0n) is 16.0. The summed E-state index contributed by atoms with van der Waals surface area (Å²) in [6, 6.07) is 8.29. The summed E-state index contributed by atoms with van der Waals surface area (Å²) in [5.41, 5.74) is 0.135. The average Bonchev–Trinajstić information content (AvgIpc) is 2.75. The van der Waals surface area contributed by atoms with Crippen molar-refractivity contribution in [2.75, 3.05) is 6.61 Å². The molecule has 2 aromatic carbocycles. The Morgan fingerprint density at radius 1 is 0.968 bits per heavy atom. The fourth-order valence-electron chi connectivity index (χ4n) is 3.41. The van der Waals surface area contributed by atoms with E-state index in [4.69, 9.17) is 13.9 Å². The number of benzene rings is 2. The number of aliphatic hydroxyl groups is 4. The van der Waals surface area contributed by atoms with Gasteiger partial charge < -0.3 is 44.5 Å². The Balaban J connectivity index is 1.68. The summed E-state index contributed by atoms with van der Waals surface area (Å²) in [4.78, 5) is 12.9. The number of aliphatic hydroxyl groups excluding tert-OH is 4. The average molecular weight is 432 g/mol. The molecule has 10 nitrogen and oxygen atoms in total. The minimum absolute atomic E-state index is 0.00730. The van der Waals surface area contributed by atoms with Crippen molar-refractivity contribution in [3.05, 3.63) is 52.9 Å². The van der Waals surface area contributed by atoms with E-state index in [0.29, 0.717) is 5.56 Å². The van der Waals surface area contributed by atoms with Crippen molar-refractivity contribution < 1.29 is 44.5 Å². The molecule has 1 aliphatic rings. The maximum absolute atomic E-state index is 12.9. The lowest BCUT2D eigenvalue weighted by Crippen LogP contribution is -2.60. The van der Waals surface area contributed by atoms with Crippen molar-refractivity contribution in [3.8, 4) is 28.4 Å². The standard InChI is InChI=1S/C21H20O10/c22-7-15-18(26)19(27)20(28)21(31-15)30-11-5-13(24)16-14(6-11)29-8-12(17(16)25)9-1-3-10(23)4-2-9/h1-6,8,15,18-24,26-28H,7H2/t15-,18-,19-,20+,21+/m1/s1. The third-order valence-electron chi connectivity index (χ3n) is 5.11. The van der Waals surface area contributed by atoms with Gasteiger partial charge in [0.1, 0.15) is 58.9 Å². The number of rotatable bonds is 4. The SMILES string of the molecule is O=c1c(-c2ccc(O)cc2)coc2cc(O[C@H]3O[C@H](CO)[C@@H](O)[C@@H](O)[C@@H]3O)cc(O)c12. The summed E-state index contributed by atoms with van der Waals surface area (Å²) in [7, 11) is 0. The van der Waals surface area contributed by atoms with Gasteiger partial charge in [0.25, 0.3) is 0 Å². The summed E-state index contributed by atoms with van der Waals surface area (Å²) in [6.45, 7) is -0.622. The number of ether oxygens (including phenoxy) is 2. The first-order valence-corrected chi connectivity index (χ1v) is 9.35. The zero-order chi connectivity index (χ0) is 22.3. The van der Waals surface area contributed by atoms with E-state index < -0.39 is 48.5 Å². The van der Waals surface area contributed by atoms with Gasteiger partial charge in [0.15, 0.2) is 0 Å². The highest BCUT2D eigenvalue weighted by molar-refractivity contribution is 5.88. The first-order valence-electron chi connectivity index (χ1n) is 9.35. The molecule has 164 valence electrons. The lowest BCUT2D eigenvalue weighted by Gasteiger charge is -2.39. The highest BCUT2D eigenvalue weighted by Gasteiger charge is 2.44. The Kier molecular flexibility index (Phi) is 5.56. The van der Waals surface area contributed by atoms with Crippen LogP contribution in [-0.2, 0) is 4.74 Å². The molecule has 0 spiro atoms. The van der Waals surface area contributed by atoms with Crippen LogP contribution in [0.1, 0.15) is 0 Å². The van der Waals surface area contributed by atoms with Crippen LogP contribution >= 0.6 is 0 Å². The molecule has 31 heavy (non-hydrogen) atoms. The molecule has 10 heteroatoms. The van der Waals surface area contributed by atoms with E-state index in [2.05, 4.69) is 0 Å². The second kappa shape index (κ2) is 8.17. The maximum atomic E-state index is 12.9. The Morgan fingerprint density at radius 3 is 2.35 bits per heavy atom. The van der Waals surface area contributed by atoms with Crippen LogP contribution in [0.2, 0.25) is 0 Å². The Morgan fingerprint density at radius 2 is 1.68 bits per heavy atom. The summed E-state index contributed by atoms with van der Waals surface area (Å²) in [5, 5.41) is 58.8. The van der Waals surface area contributed by atoms with Gasteiger partial charge in [0.05, 0.1) is 12.2 Å². The molecule has 6 N–H and O–H groups in total. The van der Waals surface area contributed by atoms with E-state index >= 15 is 0 Å². The van der Waals surface area contributed by atoms with E-state index in [1.165, 1.54) is 36.6 Å². The number of phenols is 2. The largest absolute Gasteiger partial charge is 0.508 e. The molecule has 1 saturated heterocycles. The van der Waals surface area contributed by atoms with E-state index in [1.54, 1.807) is 0 Å². The van der Waals surface area contributed by atoms with Gasteiger partial charge in [-0.15, -0.1) is 0 Å². The Labute approximate surface area is 174 Å². The molecule has 0 amide bonds. The maximum Gasteiger partial charge on any atom is 0.229 e. The van der Waals surface area contributed by atoms with Crippen LogP contribution < -0.4 is 10.2 Å². The van der Waals surface area contributed by atoms with Crippen molar-refractivity contribution in [2.45, 2.75) is 30.7 Å². The van der Waals surface area contributed by atoms with Gasteiger partial charge in [-0.2, -0.15) is 0 Å². The van der Waals surface area contributed by atoms with Crippen molar-refractivity contribution in [2.24, 2.45) is 0 Å². The first-order chi connectivity index (χ1) is 14.8. The molecule has 4 rings (SSSR count). The highest BCUT2D eigenvalue weighted by atomic mass is 16.7. The number of hydrogen-bond acceptors (Lipinski definition) is 10. The third-order valence-corrected chi connectivity index (χ3v) is 5.11. The molecule has 5 atom stereocenters. The molecule has 1 aliphatic heterocycles. The highest BCUT2D eigenvalue weighted by Crippen LogP contribution is 2.32. The molecule has 0 unspecified atom stereocenters. The Hall–Kier alpha value is -3.15. The number of fused-ring (bicyclic) bond motifs is 1. The zero-order valence-corrected chi connectivity index (χ0v) is 16.0. The summed E-state index contributed by atoms with van der Waals surface area (Å²) < 4.78 is 16.2. The summed E-state index contributed by atoms with van der Waals surface area (Å²) >= 11 is 0. The molecule has 1 fully saturated rings. The molecule has 1 aromatic heterocycles. The molecule has 0 bridgehead atoms. The van der Waals surface area contributed by atoms with Crippen LogP contribution in [0.5, 0.6) is 17.2 Å². The van der Waals surface area contributed by atoms with Crippen molar-refractivity contribution in [1.82, 2.24) is 0 Å². The second-order valence-electron chi connectivity index (χ2n) is 7.16. The van der Waals surface area contributed by atoms with Crippen molar-refractivity contribution in [3.63, 3.8) is 0 Å². The number of aromatic hydroxyl groups is 2. The Bertz CT molecular complexity index is 1140. The van der Waals surface area contributed by atoms with E-state index in [1.807, 2.05) is 0 Å². The van der Waals surface area contributed by atoms with Crippen LogP contribution in [0.4, 0.5) is 0 Å². The van der Waals surface area contributed by atoms with Crippen molar-refractivity contribution in [1.29, 1.82) is 0 Å². The van der Waals surface area contributed by atoms with Gasteiger partial charge in [-0.05, 0) is 17.7 Å². The van der Waals surface area contributed by atoms with Gasteiger partial charge >= 0.3 is 0 Å². The lowest BCUT2D eigenvalue weighted by atomic mass is 9.99. The molecule has 3 aromatic rings. The topological polar surface area (TPSA) is 170 Å². The van der Waals surface area contributed by atoms with Gasteiger partial charge in [-0.25, -0.2) is 0 Å². The van der Waals surface area contributed by atoms with E-state index in [-0.39, 0.29) is 28.0 Å². The van der Waals surface area contributed by atoms with Crippen LogP contribution in [0.25, 0.3) is 22.1 Å². The molecule has 0 saturated carbocycles. The third kappa shape index (κ3) is 3.82. The van der Waals surface area contributed by atoms with Crippen LogP contribution in [0, 0.1) is 0 Å². The molecule has 0 radical (unpaired) electrons. The van der Waals surface area contributed by atoms with E-state index in [9.17, 15) is 35.4 Å². The molecular weight excluding hydrogens is 412 g/mol. The summed E-state index contributed by atoms with van der Waals surface area (Å²) in [6.07, 6.45) is -6.23. The lowest BCUT2D eigenvalue weighted by molar-refractivity contribution is -0.277. The molecule has 0 aliphatic carbocycles. The molecule has 2 heterocycles. The predicted octanol–water partition coefficient (Wildman–Crippen LogP) is 0.0499. The van der Waals surface area contributed by atoms with Crippen molar-refractivity contribution >= 4 is 11.0 Å². The first kappa shape index (κ1) is 21.1. The monoisotopic (exact) mass is 432 g/mol. The van der Waals surface area contributed by atoms with Gasteiger partial charge in [-0.3, -0.25) is 4.79 Å². The van der Waals surface area contributed by atoms with Gasteiger partial charge in [-0.1, -0.05) is 12.1 Å². The van der Waals surface area contributed by atoms with Crippen LogP contribution in [0.15, 0.2) is 51.9 Å². The minimum Gasteiger partial charge on any atom is -0.508 e. The quantitative estimate of drug-likeness (QED) is 0.331. The minimum atomic E-state index is -1.64. The van der Waals surface area contributed by atoms with Gasteiger partial charge in [0.2, 0.25) is 11.7 Å². The summed E-state index contributed by atoms with van der Waals surface area (Å²) in [5.74, 6) is -0.465. The van der Waals surface area contributed by atoms with Crippen LogP contribution in [0.3, 0.4) is 0 Å². The second-order valence-corrected chi connectivity index (χ2v) is 7.16. The smallest absolute Gasteiger partial charge is 0.229 e. The number of hydrogen-bond donors (Lipinski definition) is 6. The fourth-order valence-corrected chi connectivity index (χ4v) is 3.41. The van der Waals surface area contributed by atoms with E-state index in [0.717, 1.165) is 6.07 Å². The molecular formula is C21H20O10. The number of phenolic OH excluding ortho intramolecular Hbond substituents is 2. The fraction of sp³-hybridized carbons (Fsp3) is 0.286. The predicted molar refractivity (Wildman–Crippen MR) is 106 cm³/mol. The van der Waals surface area contributed by atoms with Gasteiger partial charge in [0, 0.05) is 12.1 Å².